The van der Waals surface area contributed by atoms with E-state index in [9.17, 15) is 9.59 Å². The van der Waals surface area contributed by atoms with Crippen molar-refractivity contribution in [2.45, 2.75) is 50.8 Å². The van der Waals surface area contributed by atoms with E-state index in [1.54, 1.807) is 0 Å². The van der Waals surface area contributed by atoms with Gasteiger partial charge in [0.1, 0.15) is 11.6 Å². The molecule has 0 spiro atoms. The fourth-order valence-electron chi connectivity index (χ4n) is 3.63. The van der Waals surface area contributed by atoms with Crippen LogP contribution < -0.4 is 11.1 Å². The molecule has 0 radical (unpaired) electrons. The van der Waals surface area contributed by atoms with Crippen molar-refractivity contribution in [3.05, 3.63) is 0 Å². The number of carboxylic acids is 1. The number of carbonyl (C=O) groups is 2. The van der Waals surface area contributed by atoms with Gasteiger partial charge in [0.15, 0.2) is 0 Å². The molecule has 1 aliphatic heterocycles. The fourth-order valence-corrected chi connectivity index (χ4v) is 3.63. The molecule has 6 nitrogen and oxygen atoms in total. The van der Waals surface area contributed by atoms with Crippen LogP contribution >= 0.6 is 0 Å². The number of rotatable bonds is 4. The van der Waals surface area contributed by atoms with E-state index in [4.69, 9.17) is 22.0 Å². The summed E-state index contributed by atoms with van der Waals surface area (Å²) >= 11 is 0. The Kier molecular flexibility index (Phi) is 4.00. The van der Waals surface area contributed by atoms with Crippen molar-refractivity contribution in [3.63, 3.8) is 0 Å². The van der Waals surface area contributed by atoms with Crippen LogP contribution in [0.5, 0.6) is 0 Å². The van der Waals surface area contributed by atoms with E-state index >= 15 is 0 Å². The maximum Gasteiger partial charge on any atom is 0.327 e. The molecule has 0 bridgehead atoms. The lowest BCUT2D eigenvalue weighted by atomic mass is 9.46. The second-order valence-electron chi connectivity index (χ2n) is 6.40. The molecule has 4 unspecified atom stereocenters. The summed E-state index contributed by atoms with van der Waals surface area (Å²) in [6.45, 7) is 4.45. The normalized spacial score (nSPS) is 34.8. The molecule has 2 fully saturated rings. The van der Waals surface area contributed by atoms with E-state index in [1.165, 1.54) is 0 Å². The van der Waals surface area contributed by atoms with E-state index < -0.39 is 28.9 Å². The Morgan fingerprint density at radius 2 is 2.24 bits per heavy atom. The van der Waals surface area contributed by atoms with Crippen molar-refractivity contribution >= 4 is 11.9 Å². The van der Waals surface area contributed by atoms with Crippen molar-refractivity contribution in [1.82, 2.24) is 5.32 Å². The first-order valence-corrected chi connectivity index (χ1v) is 7.14. The topological polar surface area (TPSA) is 102 Å². The molecule has 4 atom stereocenters. The van der Waals surface area contributed by atoms with Gasteiger partial charge in [-0.1, -0.05) is 13.8 Å². The first-order chi connectivity index (χ1) is 9.76. The molecule has 2 rings (SSSR count). The molecule has 21 heavy (non-hydrogen) atoms. The third kappa shape index (κ3) is 2.21. The number of fused-ring (bicyclic) bond motifs is 1. The summed E-state index contributed by atoms with van der Waals surface area (Å²) in [5.74, 6) is 0.565. The molecule has 4 N–H and O–H groups in total. The van der Waals surface area contributed by atoms with E-state index in [0.29, 0.717) is 6.61 Å². The monoisotopic (exact) mass is 294 g/mol. The Hall–Kier alpha value is -1.58. The summed E-state index contributed by atoms with van der Waals surface area (Å²) in [5, 5.41) is 11.6. The number of hydrogen-bond acceptors (Lipinski definition) is 4. The average Bonchev–Trinajstić information content (AvgIpc) is 2.45. The molecule has 116 valence electrons. The molecule has 0 aromatic carbocycles. The van der Waals surface area contributed by atoms with E-state index in [1.807, 2.05) is 13.8 Å². The molecular formula is C15H22N2O4. The van der Waals surface area contributed by atoms with Crippen LogP contribution in [0.25, 0.3) is 0 Å². The van der Waals surface area contributed by atoms with Crippen LogP contribution in [0.2, 0.25) is 0 Å². The highest BCUT2D eigenvalue weighted by Crippen LogP contribution is 2.57. The van der Waals surface area contributed by atoms with Gasteiger partial charge in [0.2, 0.25) is 5.91 Å². The third-order valence-electron chi connectivity index (χ3n) is 4.99. The summed E-state index contributed by atoms with van der Waals surface area (Å²) in [4.78, 5) is 23.7. The van der Waals surface area contributed by atoms with Crippen LogP contribution in [-0.4, -0.2) is 41.3 Å². The van der Waals surface area contributed by atoms with Crippen LogP contribution in [0.15, 0.2) is 0 Å². The van der Waals surface area contributed by atoms with E-state index in [0.717, 1.165) is 12.8 Å². The third-order valence-corrected chi connectivity index (χ3v) is 4.99. The minimum Gasteiger partial charge on any atom is -0.480 e. The molecule has 6 heteroatoms. The molecular weight excluding hydrogens is 272 g/mol. The van der Waals surface area contributed by atoms with Gasteiger partial charge < -0.3 is 20.9 Å². The van der Waals surface area contributed by atoms with Gasteiger partial charge in [-0.05, 0) is 12.8 Å². The maximum absolute atomic E-state index is 12.6. The second-order valence-corrected chi connectivity index (χ2v) is 6.40. The van der Waals surface area contributed by atoms with Crippen LogP contribution in [0, 0.1) is 23.7 Å². The van der Waals surface area contributed by atoms with Crippen LogP contribution in [0.1, 0.15) is 33.1 Å². The number of carbonyl (C=O) groups excluding carboxylic acids is 1. The van der Waals surface area contributed by atoms with Crippen molar-refractivity contribution in [1.29, 1.82) is 0 Å². The lowest BCUT2D eigenvalue weighted by Crippen LogP contribution is -2.82. The minimum absolute atomic E-state index is 0.0575. The summed E-state index contributed by atoms with van der Waals surface area (Å²) < 4.78 is 5.73. The number of terminal acetylenes is 1. The SMILES string of the molecule is C#CCC(NC(=O)C1(N)C2CCCOC2C1(C)C)C(=O)O. The van der Waals surface area contributed by atoms with Crippen molar-refractivity contribution in [2.75, 3.05) is 6.61 Å². The molecule has 2 aliphatic rings. The first-order valence-electron chi connectivity index (χ1n) is 7.14. The van der Waals surface area contributed by atoms with Crippen molar-refractivity contribution in [2.24, 2.45) is 17.1 Å². The van der Waals surface area contributed by atoms with Crippen molar-refractivity contribution < 1.29 is 19.4 Å². The summed E-state index contributed by atoms with van der Waals surface area (Å²) in [6.07, 6.45) is 6.69. The number of nitrogens with two attached hydrogens (primary N) is 1. The second kappa shape index (κ2) is 5.32. The van der Waals surface area contributed by atoms with Gasteiger partial charge in [0.05, 0.1) is 6.10 Å². The van der Waals surface area contributed by atoms with Crippen LogP contribution in [0.4, 0.5) is 0 Å². The van der Waals surface area contributed by atoms with Gasteiger partial charge in [-0.3, -0.25) is 4.79 Å². The highest BCUT2D eigenvalue weighted by atomic mass is 16.5. The predicted molar refractivity (Wildman–Crippen MR) is 76.2 cm³/mol. The van der Waals surface area contributed by atoms with Gasteiger partial charge in [-0.2, -0.15) is 0 Å². The van der Waals surface area contributed by atoms with Crippen LogP contribution in [-0.2, 0) is 14.3 Å². The maximum atomic E-state index is 12.6. The zero-order valence-corrected chi connectivity index (χ0v) is 12.4. The number of ether oxygens (including phenoxy) is 1. The highest BCUT2D eigenvalue weighted by molar-refractivity contribution is 5.92. The number of carboxylic acid groups (broad SMARTS) is 1. The molecule has 1 aliphatic carbocycles. The van der Waals surface area contributed by atoms with E-state index in [2.05, 4.69) is 11.2 Å². The Labute approximate surface area is 124 Å². The zero-order chi connectivity index (χ0) is 15.8. The molecule has 0 aromatic rings. The summed E-state index contributed by atoms with van der Waals surface area (Å²) in [5.41, 5.74) is 4.72. The molecule has 1 saturated carbocycles. The fraction of sp³-hybridized carbons (Fsp3) is 0.733. The largest absolute Gasteiger partial charge is 0.480 e. The highest BCUT2D eigenvalue weighted by Gasteiger charge is 2.70. The Balaban J connectivity index is 2.17. The number of aliphatic carboxylic acids is 1. The smallest absolute Gasteiger partial charge is 0.327 e. The first kappa shape index (κ1) is 15.8. The van der Waals surface area contributed by atoms with Gasteiger partial charge in [0, 0.05) is 24.4 Å². The number of nitrogens with one attached hydrogen (secondary N) is 1. The number of amides is 1. The standard InChI is InChI=1S/C15H22N2O4/c1-4-6-10(12(18)19)17-13(20)15(16)9-7-5-8-21-11(9)14(15,2)3/h1,9-11H,5-8,16H2,2-3H3,(H,17,20)(H,18,19). The van der Waals surface area contributed by atoms with Crippen LogP contribution in [0.3, 0.4) is 0 Å². The van der Waals surface area contributed by atoms with Crippen molar-refractivity contribution in [3.8, 4) is 12.3 Å². The molecule has 0 aromatic heterocycles. The van der Waals surface area contributed by atoms with Gasteiger partial charge in [-0.15, -0.1) is 12.3 Å². The Morgan fingerprint density at radius 3 is 2.81 bits per heavy atom. The molecule has 1 heterocycles. The minimum atomic E-state index is -1.15. The molecule has 1 amide bonds. The van der Waals surface area contributed by atoms with Gasteiger partial charge in [0.25, 0.3) is 0 Å². The Bertz CT molecular complexity index is 496. The summed E-state index contributed by atoms with van der Waals surface area (Å²) in [6, 6.07) is -1.11. The Morgan fingerprint density at radius 1 is 1.57 bits per heavy atom. The van der Waals surface area contributed by atoms with Gasteiger partial charge in [-0.25, -0.2) is 4.79 Å². The quantitative estimate of drug-likeness (QED) is 0.639. The lowest BCUT2D eigenvalue weighted by molar-refractivity contribution is -0.225. The molecule has 1 saturated heterocycles. The lowest BCUT2D eigenvalue weighted by Gasteiger charge is -2.65. The average molecular weight is 294 g/mol. The number of hydrogen-bond donors (Lipinski definition) is 3. The zero-order valence-electron chi connectivity index (χ0n) is 12.4. The van der Waals surface area contributed by atoms with Gasteiger partial charge >= 0.3 is 5.97 Å². The predicted octanol–water partition coefficient (Wildman–Crippen LogP) is 0.112. The van der Waals surface area contributed by atoms with E-state index in [-0.39, 0.29) is 18.4 Å². The summed E-state index contributed by atoms with van der Waals surface area (Å²) in [7, 11) is 0.